The highest BCUT2D eigenvalue weighted by Gasteiger charge is 2.42. The minimum atomic E-state index is -0.937. The van der Waals surface area contributed by atoms with Crippen molar-refractivity contribution in [2.45, 2.75) is 24.9 Å². The largest absolute Gasteiger partial charge is 0.480 e. The predicted octanol–water partition coefficient (Wildman–Crippen LogP) is 1.44. The number of hydrogen-bond acceptors (Lipinski definition) is 4. The van der Waals surface area contributed by atoms with E-state index in [9.17, 15) is 14.7 Å². The van der Waals surface area contributed by atoms with E-state index in [-0.39, 0.29) is 6.03 Å². The molecule has 116 valence electrons. The van der Waals surface area contributed by atoms with Gasteiger partial charge in [0.1, 0.15) is 5.54 Å². The molecule has 0 saturated carbocycles. The van der Waals surface area contributed by atoms with Crippen molar-refractivity contribution < 1.29 is 14.7 Å². The molecular formula is C14H21N3O3S. The molecule has 6 nitrogen and oxygen atoms in total. The molecule has 0 aliphatic carbocycles. The Hall–Kier alpha value is -1.60. The van der Waals surface area contributed by atoms with Crippen LogP contribution < -0.4 is 5.32 Å². The van der Waals surface area contributed by atoms with E-state index in [1.807, 2.05) is 17.5 Å². The molecule has 0 atom stereocenters. The second kappa shape index (κ2) is 6.44. The molecule has 2 heterocycles. The van der Waals surface area contributed by atoms with Crippen LogP contribution in [0.15, 0.2) is 17.5 Å². The standard InChI is InChI=1S/C14H21N3O3S/c1-16(2)13(20)17-7-5-14(6-8-17,12(18)19)15-10-11-4-3-9-21-11/h3-4,9,15H,5-8,10H2,1-2H3,(H,18,19). The highest BCUT2D eigenvalue weighted by atomic mass is 32.1. The number of nitrogens with one attached hydrogen (secondary N) is 1. The van der Waals surface area contributed by atoms with E-state index in [1.54, 1.807) is 30.3 Å². The number of urea groups is 1. The molecule has 0 aromatic carbocycles. The van der Waals surface area contributed by atoms with Crippen molar-refractivity contribution in [1.82, 2.24) is 15.1 Å². The molecule has 1 saturated heterocycles. The first-order valence-electron chi connectivity index (χ1n) is 6.92. The summed E-state index contributed by atoms with van der Waals surface area (Å²) in [5.74, 6) is -0.837. The molecule has 1 fully saturated rings. The molecule has 1 aromatic heterocycles. The summed E-state index contributed by atoms with van der Waals surface area (Å²) < 4.78 is 0. The van der Waals surface area contributed by atoms with E-state index in [0.29, 0.717) is 32.5 Å². The Kier molecular flexibility index (Phi) is 4.84. The lowest BCUT2D eigenvalue weighted by Crippen LogP contribution is -2.59. The van der Waals surface area contributed by atoms with Crippen LogP contribution in [0.1, 0.15) is 17.7 Å². The van der Waals surface area contributed by atoms with Gasteiger partial charge in [-0.1, -0.05) is 6.07 Å². The number of amides is 2. The van der Waals surface area contributed by atoms with E-state index >= 15 is 0 Å². The van der Waals surface area contributed by atoms with Gasteiger partial charge < -0.3 is 14.9 Å². The topological polar surface area (TPSA) is 72.9 Å². The number of carbonyl (C=O) groups is 2. The van der Waals surface area contributed by atoms with Crippen LogP contribution >= 0.6 is 11.3 Å². The van der Waals surface area contributed by atoms with Crippen molar-refractivity contribution in [3.63, 3.8) is 0 Å². The lowest BCUT2D eigenvalue weighted by atomic mass is 9.87. The molecule has 1 aliphatic heterocycles. The van der Waals surface area contributed by atoms with Crippen LogP contribution in [0.2, 0.25) is 0 Å². The van der Waals surface area contributed by atoms with E-state index in [2.05, 4.69) is 5.32 Å². The maximum atomic E-state index is 11.9. The van der Waals surface area contributed by atoms with Gasteiger partial charge >= 0.3 is 12.0 Å². The number of aliphatic carboxylic acids is 1. The number of carboxylic acid groups (broad SMARTS) is 1. The second-order valence-corrected chi connectivity index (χ2v) is 6.52. The summed E-state index contributed by atoms with van der Waals surface area (Å²) >= 11 is 1.60. The van der Waals surface area contributed by atoms with Gasteiger partial charge in [-0.05, 0) is 24.3 Å². The lowest BCUT2D eigenvalue weighted by molar-refractivity contribution is -0.147. The smallest absolute Gasteiger partial charge is 0.324 e. The SMILES string of the molecule is CN(C)C(=O)N1CCC(NCc2cccs2)(C(=O)O)CC1. The summed E-state index contributed by atoms with van der Waals surface area (Å²) in [4.78, 5) is 27.9. The summed E-state index contributed by atoms with van der Waals surface area (Å²) in [6.45, 7) is 1.47. The third kappa shape index (κ3) is 3.54. The van der Waals surface area contributed by atoms with Crippen molar-refractivity contribution in [1.29, 1.82) is 0 Å². The summed E-state index contributed by atoms with van der Waals surface area (Å²) in [6, 6.07) is 3.87. The Balaban J connectivity index is 1.98. The first-order chi connectivity index (χ1) is 9.94. The normalized spacial score (nSPS) is 17.5. The maximum absolute atomic E-state index is 11.9. The number of carbonyl (C=O) groups excluding carboxylic acids is 1. The Morgan fingerprint density at radius 2 is 2.10 bits per heavy atom. The second-order valence-electron chi connectivity index (χ2n) is 5.48. The minimum Gasteiger partial charge on any atom is -0.480 e. The molecule has 2 amide bonds. The van der Waals surface area contributed by atoms with E-state index in [0.717, 1.165) is 4.88 Å². The van der Waals surface area contributed by atoms with E-state index in [4.69, 9.17) is 0 Å². The van der Waals surface area contributed by atoms with Crippen LogP contribution in [0.5, 0.6) is 0 Å². The van der Waals surface area contributed by atoms with Gasteiger partial charge in [-0.15, -0.1) is 11.3 Å². The van der Waals surface area contributed by atoms with Crippen LogP contribution in [-0.4, -0.2) is 59.6 Å². The van der Waals surface area contributed by atoms with Gasteiger partial charge in [-0.2, -0.15) is 0 Å². The molecule has 2 N–H and O–H groups in total. The molecule has 0 spiro atoms. The van der Waals surface area contributed by atoms with Crippen LogP contribution in [-0.2, 0) is 11.3 Å². The summed E-state index contributed by atoms with van der Waals surface area (Å²) in [5.41, 5.74) is -0.937. The van der Waals surface area contributed by atoms with Gasteiger partial charge in [-0.3, -0.25) is 10.1 Å². The number of rotatable bonds is 4. The lowest BCUT2D eigenvalue weighted by Gasteiger charge is -2.40. The quantitative estimate of drug-likeness (QED) is 0.882. The molecule has 2 rings (SSSR count). The Morgan fingerprint density at radius 1 is 1.43 bits per heavy atom. The van der Waals surface area contributed by atoms with Crippen LogP contribution in [0, 0.1) is 0 Å². The molecule has 1 aliphatic rings. The average molecular weight is 311 g/mol. The number of carboxylic acids is 1. The fraction of sp³-hybridized carbons (Fsp3) is 0.571. The Morgan fingerprint density at radius 3 is 2.57 bits per heavy atom. The van der Waals surface area contributed by atoms with Gasteiger partial charge in [0, 0.05) is 38.6 Å². The van der Waals surface area contributed by atoms with E-state index in [1.165, 1.54) is 4.90 Å². The van der Waals surface area contributed by atoms with Crippen LogP contribution in [0.3, 0.4) is 0 Å². The van der Waals surface area contributed by atoms with Crippen molar-refractivity contribution >= 4 is 23.3 Å². The number of likely N-dealkylation sites (tertiary alicyclic amines) is 1. The predicted molar refractivity (Wildman–Crippen MR) is 81.4 cm³/mol. The Bertz CT molecular complexity index is 494. The molecule has 21 heavy (non-hydrogen) atoms. The zero-order valence-electron chi connectivity index (χ0n) is 12.3. The summed E-state index contributed by atoms with van der Waals surface area (Å²) in [7, 11) is 3.41. The minimum absolute atomic E-state index is 0.0627. The number of piperidine rings is 1. The van der Waals surface area contributed by atoms with Crippen molar-refractivity contribution in [2.24, 2.45) is 0 Å². The Labute approximate surface area is 128 Å². The average Bonchev–Trinajstić information content (AvgIpc) is 2.98. The molecule has 1 aromatic rings. The maximum Gasteiger partial charge on any atom is 0.324 e. The third-order valence-corrected chi connectivity index (χ3v) is 4.74. The zero-order valence-corrected chi connectivity index (χ0v) is 13.2. The van der Waals surface area contributed by atoms with Crippen LogP contribution in [0.25, 0.3) is 0 Å². The van der Waals surface area contributed by atoms with E-state index < -0.39 is 11.5 Å². The first kappa shape index (κ1) is 15.8. The fourth-order valence-electron chi connectivity index (χ4n) is 2.50. The van der Waals surface area contributed by atoms with Crippen molar-refractivity contribution in [3.05, 3.63) is 22.4 Å². The summed E-state index contributed by atoms with van der Waals surface area (Å²) in [5, 5.41) is 14.7. The van der Waals surface area contributed by atoms with Crippen LogP contribution in [0.4, 0.5) is 4.79 Å². The summed E-state index contributed by atoms with van der Waals surface area (Å²) in [6.07, 6.45) is 0.848. The zero-order chi connectivity index (χ0) is 15.5. The first-order valence-corrected chi connectivity index (χ1v) is 7.79. The van der Waals surface area contributed by atoms with Crippen molar-refractivity contribution in [2.75, 3.05) is 27.2 Å². The van der Waals surface area contributed by atoms with Gasteiger partial charge in [-0.25, -0.2) is 4.79 Å². The molecule has 7 heteroatoms. The highest BCUT2D eigenvalue weighted by Crippen LogP contribution is 2.24. The van der Waals surface area contributed by atoms with Crippen molar-refractivity contribution in [3.8, 4) is 0 Å². The molecule has 0 bridgehead atoms. The number of thiophene rings is 1. The fourth-order valence-corrected chi connectivity index (χ4v) is 3.14. The monoisotopic (exact) mass is 311 g/mol. The highest BCUT2D eigenvalue weighted by molar-refractivity contribution is 7.09. The number of hydrogen-bond donors (Lipinski definition) is 2. The van der Waals surface area contributed by atoms with Gasteiger partial charge in [0.15, 0.2) is 0 Å². The van der Waals surface area contributed by atoms with Gasteiger partial charge in [0.2, 0.25) is 0 Å². The van der Waals surface area contributed by atoms with Gasteiger partial charge in [0.25, 0.3) is 0 Å². The number of nitrogens with zero attached hydrogens (tertiary/aromatic N) is 2. The molecule has 0 unspecified atom stereocenters. The third-order valence-electron chi connectivity index (χ3n) is 3.86. The molecular weight excluding hydrogens is 290 g/mol. The molecule has 0 radical (unpaired) electrons. The van der Waals surface area contributed by atoms with Gasteiger partial charge in [0.05, 0.1) is 0 Å².